The second-order valence-corrected chi connectivity index (χ2v) is 9.75. The number of carbonyl (C=O) groups excluding carboxylic acids is 2. The van der Waals surface area contributed by atoms with Crippen LogP contribution in [0.2, 0.25) is 4.71 Å². The first-order chi connectivity index (χ1) is 12.7. The molecule has 0 saturated carbocycles. The van der Waals surface area contributed by atoms with E-state index in [9.17, 15) is 14.4 Å². The third kappa shape index (κ3) is 9.13. The van der Waals surface area contributed by atoms with Gasteiger partial charge in [-0.05, 0) is 0 Å². The molecule has 0 spiro atoms. The molecule has 0 bridgehead atoms. The van der Waals surface area contributed by atoms with E-state index in [-0.39, 0.29) is 17.9 Å². The summed E-state index contributed by atoms with van der Waals surface area (Å²) in [5, 5.41) is 9.09. The summed E-state index contributed by atoms with van der Waals surface area (Å²) in [6.45, 7) is 10.1. The van der Waals surface area contributed by atoms with E-state index < -0.39 is 34.2 Å². The molecule has 0 aromatic heterocycles. The molecule has 0 aliphatic heterocycles. The van der Waals surface area contributed by atoms with Gasteiger partial charge in [0.15, 0.2) is 0 Å². The second kappa shape index (κ2) is 9.32. The van der Waals surface area contributed by atoms with E-state index >= 15 is 0 Å². The number of aliphatic carboxylic acids is 1. The van der Waals surface area contributed by atoms with Gasteiger partial charge in [-0.15, -0.1) is 0 Å². The van der Waals surface area contributed by atoms with Gasteiger partial charge in [-0.25, -0.2) is 0 Å². The van der Waals surface area contributed by atoms with E-state index in [4.69, 9.17) is 24.1 Å². The van der Waals surface area contributed by atoms with Crippen molar-refractivity contribution < 1.29 is 38.4 Å². The zero-order valence-corrected chi connectivity index (χ0v) is 19.3. The number of rotatable bonds is 5. The molecule has 0 amide bonds. The third-order valence-electron chi connectivity index (χ3n) is 2.95. The van der Waals surface area contributed by atoms with E-state index in [2.05, 4.69) is 0 Å². The second-order valence-electron chi connectivity index (χ2n) is 8.06. The van der Waals surface area contributed by atoms with Crippen molar-refractivity contribution in [2.24, 2.45) is 0 Å². The van der Waals surface area contributed by atoms with Gasteiger partial charge >= 0.3 is 173 Å². The summed E-state index contributed by atoms with van der Waals surface area (Å²) in [7, 11) is 0. The maximum absolute atomic E-state index is 12.0. The first-order valence-electron chi connectivity index (χ1n) is 8.59. The Balaban J connectivity index is 3.10. The Kier molecular flexibility index (Phi) is 7.93. The maximum atomic E-state index is 12.0. The van der Waals surface area contributed by atoms with Crippen molar-refractivity contribution in [3.05, 3.63) is 23.8 Å². The van der Waals surface area contributed by atoms with Crippen molar-refractivity contribution in [1.82, 2.24) is 0 Å². The van der Waals surface area contributed by atoms with Crippen molar-refractivity contribution in [2.45, 2.75) is 63.9 Å². The van der Waals surface area contributed by atoms with Crippen LogP contribution >= 0.6 is 0 Å². The number of ether oxygens (including phenoxy) is 4. The van der Waals surface area contributed by atoms with E-state index in [1.165, 1.54) is 12.1 Å². The summed E-state index contributed by atoms with van der Waals surface area (Å²) in [6, 6.07) is 4.46. The number of hydrogen-bond acceptors (Lipinski definition) is 7. The molecule has 156 valence electrons. The number of carboxylic acid groups (broad SMARTS) is 1. The van der Waals surface area contributed by atoms with Crippen LogP contribution in [-0.4, -0.2) is 51.4 Å². The van der Waals surface area contributed by atoms with E-state index in [0.717, 1.165) is 16.9 Å². The van der Waals surface area contributed by atoms with Crippen molar-refractivity contribution in [3.63, 3.8) is 0 Å². The SMILES string of the molecule is CC(C)(C)OC(=O)Oc1ccc(C[C@H]([AsH2])C(=O)O)cc1OC(=O)OC(C)(C)C. The summed E-state index contributed by atoms with van der Waals surface area (Å²) >= 11 is 1.06. The molecule has 0 aliphatic carbocycles. The van der Waals surface area contributed by atoms with Crippen LogP contribution in [0.5, 0.6) is 11.5 Å². The molecule has 0 saturated heterocycles. The first-order valence-corrected chi connectivity index (χ1v) is 9.99. The van der Waals surface area contributed by atoms with Gasteiger partial charge in [0, 0.05) is 0 Å². The van der Waals surface area contributed by atoms with Crippen molar-refractivity contribution in [1.29, 1.82) is 0 Å². The minimum atomic E-state index is -0.978. The van der Waals surface area contributed by atoms with E-state index in [1.54, 1.807) is 47.6 Å². The van der Waals surface area contributed by atoms with Gasteiger partial charge < -0.3 is 0 Å². The van der Waals surface area contributed by atoms with Crippen LogP contribution in [0.25, 0.3) is 0 Å². The molecule has 8 nitrogen and oxygen atoms in total. The number of hydrogen-bond donors (Lipinski definition) is 1. The average Bonchev–Trinajstić information content (AvgIpc) is 2.45. The number of benzene rings is 1. The normalized spacial score (nSPS) is 12.7. The fourth-order valence-corrected chi connectivity index (χ4v) is 2.48. The van der Waals surface area contributed by atoms with Crippen LogP contribution in [0.4, 0.5) is 9.59 Å². The fraction of sp³-hybridized carbons (Fsp3) is 0.526. The Hall–Kier alpha value is -2.21. The molecule has 1 unspecified atom stereocenters. The van der Waals surface area contributed by atoms with Crippen LogP contribution in [0.15, 0.2) is 18.2 Å². The molecule has 1 N–H and O–H groups in total. The Morgan fingerprint density at radius 2 is 1.39 bits per heavy atom. The van der Waals surface area contributed by atoms with Crippen molar-refractivity contribution in [2.75, 3.05) is 0 Å². The van der Waals surface area contributed by atoms with Crippen LogP contribution in [0.3, 0.4) is 0 Å². The zero-order valence-electron chi connectivity index (χ0n) is 16.9. The molecule has 0 aliphatic rings. The Labute approximate surface area is 173 Å². The summed E-state index contributed by atoms with van der Waals surface area (Å²) in [5.74, 6) is -1.04. The van der Waals surface area contributed by atoms with E-state index in [0.29, 0.717) is 5.56 Å². The van der Waals surface area contributed by atoms with Gasteiger partial charge in [-0.3, -0.25) is 0 Å². The van der Waals surface area contributed by atoms with Crippen LogP contribution in [0, 0.1) is 0 Å². The minimum absolute atomic E-state index is 0.0441. The van der Waals surface area contributed by atoms with Gasteiger partial charge in [0.1, 0.15) is 0 Å². The predicted octanol–water partition coefficient (Wildman–Crippen LogP) is 3.36. The fourth-order valence-electron chi connectivity index (χ4n) is 1.91. The van der Waals surface area contributed by atoms with Gasteiger partial charge in [0.05, 0.1) is 0 Å². The molecule has 1 aromatic carbocycles. The molecule has 0 fully saturated rings. The van der Waals surface area contributed by atoms with Crippen molar-refractivity contribution in [3.8, 4) is 11.5 Å². The molecule has 2 atom stereocenters. The quantitative estimate of drug-likeness (QED) is 0.407. The summed E-state index contributed by atoms with van der Waals surface area (Å²) in [5.41, 5.74) is -0.935. The topological polar surface area (TPSA) is 108 Å². The van der Waals surface area contributed by atoms with Crippen LogP contribution < -0.4 is 9.47 Å². The standard InChI is InChI=1S/C19H27AsO8/c1-18(2,3)27-16(23)25-13-8-7-11(9-12(20)15(21)22)10-14(13)26-17(24)28-19(4,5)6/h7-8,10,12H,9,20H2,1-6H3,(H,21,22)/t12-/m0/s1. The third-order valence-corrected chi connectivity index (χ3v) is 4.04. The van der Waals surface area contributed by atoms with Crippen LogP contribution in [-0.2, 0) is 20.7 Å². The summed E-state index contributed by atoms with van der Waals surface area (Å²) < 4.78 is 20.0. The van der Waals surface area contributed by atoms with Gasteiger partial charge in [0.2, 0.25) is 0 Å². The molecule has 1 rings (SSSR count). The molecule has 28 heavy (non-hydrogen) atoms. The number of carboxylic acids is 1. The molecule has 0 heterocycles. The van der Waals surface area contributed by atoms with Crippen LogP contribution in [0.1, 0.15) is 47.1 Å². The zero-order chi connectivity index (χ0) is 21.7. The van der Waals surface area contributed by atoms with Gasteiger partial charge in [-0.1, -0.05) is 0 Å². The monoisotopic (exact) mass is 458 g/mol. The Morgan fingerprint density at radius 1 is 0.929 bits per heavy atom. The van der Waals surface area contributed by atoms with Crippen molar-refractivity contribution >= 4 is 35.1 Å². The Bertz CT molecular complexity index is 730. The summed E-state index contributed by atoms with van der Waals surface area (Å²) in [4.78, 5) is 35.1. The predicted molar refractivity (Wildman–Crippen MR) is 104 cm³/mol. The molecule has 0 radical (unpaired) electrons. The molecule has 9 heteroatoms. The van der Waals surface area contributed by atoms with E-state index in [1.807, 2.05) is 0 Å². The average molecular weight is 458 g/mol. The first kappa shape index (κ1) is 23.8. The summed E-state index contributed by atoms with van der Waals surface area (Å²) in [6.07, 6.45) is -1.71. The molecular weight excluding hydrogens is 431 g/mol. The number of carbonyl (C=O) groups is 3. The van der Waals surface area contributed by atoms with Gasteiger partial charge in [0.25, 0.3) is 0 Å². The van der Waals surface area contributed by atoms with Gasteiger partial charge in [-0.2, -0.15) is 0 Å². The molecule has 1 aromatic rings. The Morgan fingerprint density at radius 3 is 1.82 bits per heavy atom. The molecular formula is C19H27AsO8.